The maximum absolute atomic E-state index is 12.3. The van der Waals surface area contributed by atoms with Gasteiger partial charge in [-0.2, -0.15) is 0 Å². The average Bonchev–Trinajstić information content (AvgIpc) is 3.12. The molecule has 0 spiro atoms. The quantitative estimate of drug-likeness (QED) is 0.569. The third kappa shape index (κ3) is 4.39. The van der Waals surface area contributed by atoms with Crippen LogP contribution in [0.25, 0.3) is 10.2 Å². The Bertz CT molecular complexity index is 922. The van der Waals surface area contributed by atoms with Crippen molar-refractivity contribution in [2.24, 2.45) is 0 Å². The van der Waals surface area contributed by atoms with Gasteiger partial charge in [0, 0.05) is 13.0 Å². The fourth-order valence-electron chi connectivity index (χ4n) is 3.30. The minimum absolute atomic E-state index is 0.0861. The summed E-state index contributed by atoms with van der Waals surface area (Å²) in [5.41, 5.74) is 0.591. The Balaban J connectivity index is 1.55. The summed E-state index contributed by atoms with van der Waals surface area (Å²) in [7, 11) is 0. The number of thiazole rings is 1. The Morgan fingerprint density at radius 1 is 1.11 bits per heavy atom. The van der Waals surface area contributed by atoms with Crippen LogP contribution < -0.4 is 5.32 Å². The highest BCUT2D eigenvalue weighted by molar-refractivity contribution is 7.18. The van der Waals surface area contributed by atoms with Crippen molar-refractivity contribution in [1.29, 1.82) is 0 Å². The molecule has 2 N–H and O–H groups in total. The van der Waals surface area contributed by atoms with E-state index in [2.05, 4.69) is 10.3 Å². The number of amides is 1. The zero-order valence-corrected chi connectivity index (χ0v) is 16.7. The van der Waals surface area contributed by atoms with E-state index in [1.54, 1.807) is 23.5 Å². The summed E-state index contributed by atoms with van der Waals surface area (Å²) in [6, 6.07) is 17.1. The maximum atomic E-state index is 12.3. The first-order valence-electron chi connectivity index (χ1n) is 9.45. The van der Waals surface area contributed by atoms with Gasteiger partial charge in [0.15, 0.2) is 0 Å². The highest BCUT2D eigenvalue weighted by Gasteiger charge is 2.38. The van der Waals surface area contributed by atoms with Crippen molar-refractivity contribution in [1.82, 2.24) is 10.3 Å². The third-order valence-corrected chi connectivity index (χ3v) is 6.16. The molecule has 146 valence electrons. The lowest BCUT2D eigenvalue weighted by Crippen LogP contribution is -2.46. The number of hydrogen-bond acceptors (Lipinski definition) is 4. The molecule has 0 aliphatic carbocycles. The molecule has 1 unspecified atom stereocenters. The molecule has 6 heteroatoms. The van der Waals surface area contributed by atoms with Crippen molar-refractivity contribution < 1.29 is 14.7 Å². The van der Waals surface area contributed by atoms with E-state index in [0.29, 0.717) is 24.8 Å². The van der Waals surface area contributed by atoms with Crippen molar-refractivity contribution in [2.45, 2.75) is 38.0 Å². The molecular weight excluding hydrogens is 372 g/mol. The standard InChI is InChI=1S/C22H24N2O3S/c1-2-22(21(26)27,16-9-4-3-5-10-16)15-23-19(25)13-8-14-20-24-17-11-6-7-12-18(17)28-20/h3-7,9-12H,2,8,13-15H2,1H3,(H,23,25)(H,26,27). The van der Waals surface area contributed by atoms with E-state index in [-0.39, 0.29) is 12.5 Å². The minimum atomic E-state index is -1.11. The number of benzene rings is 2. The van der Waals surface area contributed by atoms with E-state index >= 15 is 0 Å². The molecule has 0 radical (unpaired) electrons. The number of carbonyl (C=O) groups is 2. The number of para-hydroxylation sites is 1. The normalized spacial score (nSPS) is 13.2. The molecule has 1 aromatic heterocycles. The molecule has 1 amide bonds. The van der Waals surface area contributed by atoms with Crippen LogP contribution in [-0.2, 0) is 21.4 Å². The van der Waals surface area contributed by atoms with Crippen molar-refractivity contribution in [3.63, 3.8) is 0 Å². The van der Waals surface area contributed by atoms with Crippen LogP contribution in [0.4, 0.5) is 0 Å². The second kappa shape index (κ2) is 8.97. The Hall–Kier alpha value is -2.73. The van der Waals surface area contributed by atoms with Crippen LogP contribution in [0.2, 0.25) is 0 Å². The SMILES string of the molecule is CCC(CNC(=O)CCCc1nc2ccccc2s1)(C(=O)O)c1ccccc1. The van der Waals surface area contributed by atoms with Crippen molar-refractivity contribution in [2.75, 3.05) is 6.54 Å². The van der Waals surface area contributed by atoms with Gasteiger partial charge in [0.25, 0.3) is 0 Å². The number of fused-ring (bicyclic) bond motifs is 1. The molecule has 0 saturated carbocycles. The number of aryl methyl sites for hydroxylation is 1. The first-order chi connectivity index (χ1) is 13.5. The Labute approximate surface area is 168 Å². The molecule has 28 heavy (non-hydrogen) atoms. The predicted molar refractivity (Wildman–Crippen MR) is 112 cm³/mol. The Kier molecular flexibility index (Phi) is 6.41. The number of carboxylic acid groups (broad SMARTS) is 1. The molecular formula is C22H24N2O3S. The van der Waals surface area contributed by atoms with Crippen molar-refractivity contribution in [3.05, 3.63) is 65.2 Å². The van der Waals surface area contributed by atoms with Gasteiger partial charge in [0.1, 0.15) is 5.41 Å². The van der Waals surface area contributed by atoms with E-state index < -0.39 is 11.4 Å². The molecule has 3 aromatic rings. The summed E-state index contributed by atoms with van der Waals surface area (Å²) in [5.74, 6) is -1.05. The van der Waals surface area contributed by atoms with Crippen LogP contribution in [0.5, 0.6) is 0 Å². The summed E-state index contributed by atoms with van der Waals surface area (Å²) in [6.07, 6.45) is 2.18. The van der Waals surface area contributed by atoms with Crippen molar-refractivity contribution in [3.8, 4) is 0 Å². The summed E-state index contributed by atoms with van der Waals surface area (Å²) in [4.78, 5) is 28.9. The second-order valence-electron chi connectivity index (χ2n) is 6.81. The topological polar surface area (TPSA) is 79.3 Å². The molecule has 3 rings (SSSR count). The minimum Gasteiger partial charge on any atom is -0.481 e. The number of nitrogens with zero attached hydrogens (tertiary/aromatic N) is 1. The lowest BCUT2D eigenvalue weighted by molar-refractivity contribution is -0.144. The van der Waals surface area contributed by atoms with Crippen molar-refractivity contribution >= 4 is 33.4 Å². The third-order valence-electron chi connectivity index (χ3n) is 5.06. The van der Waals surface area contributed by atoms with Gasteiger partial charge in [-0.15, -0.1) is 11.3 Å². The van der Waals surface area contributed by atoms with Crippen LogP contribution in [-0.4, -0.2) is 28.5 Å². The maximum Gasteiger partial charge on any atom is 0.315 e. The first kappa shape index (κ1) is 20.0. The zero-order valence-electron chi connectivity index (χ0n) is 15.9. The molecule has 1 heterocycles. The van der Waals surface area contributed by atoms with Crippen LogP contribution >= 0.6 is 11.3 Å². The van der Waals surface area contributed by atoms with Gasteiger partial charge in [-0.25, -0.2) is 4.98 Å². The van der Waals surface area contributed by atoms with Gasteiger partial charge in [0.05, 0.1) is 15.2 Å². The van der Waals surface area contributed by atoms with E-state index in [1.165, 1.54) is 0 Å². The highest BCUT2D eigenvalue weighted by atomic mass is 32.1. The van der Waals surface area contributed by atoms with Crippen LogP contribution in [0.3, 0.4) is 0 Å². The number of aromatic nitrogens is 1. The molecule has 0 aliphatic heterocycles. The largest absolute Gasteiger partial charge is 0.481 e. The molecule has 0 aliphatic rings. The van der Waals surface area contributed by atoms with E-state index in [9.17, 15) is 14.7 Å². The molecule has 1 atom stereocenters. The fraction of sp³-hybridized carbons (Fsp3) is 0.318. The van der Waals surface area contributed by atoms with Crippen LogP contribution in [0.15, 0.2) is 54.6 Å². The lowest BCUT2D eigenvalue weighted by Gasteiger charge is -2.29. The summed E-state index contributed by atoms with van der Waals surface area (Å²) >= 11 is 1.65. The predicted octanol–water partition coefficient (Wildman–Crippen LogP) is 4.17. The van der Waals surface area contributed by atoms with Crippen LogP contribution in [0.1, 0.15) is 36.8 Å². The summed E-state index contributed by atoms with van der Waals surface area (Å²) in [6.45, 7) is 1.92. The number of hydrogen-bond donors (Lipinski definition) is 2. The lowest BCUT2D eigenvalue weighted by atomic mass is 9.78. The molecule has 5 nitrogen and oxygen atoms in total. The highest BCUT2D eigenvalue weighted by Crippen LogP contribution is 2.28. The molecule has 0 bridgehead atoms. The molecule has 0 saturated heterocycles. The van der Waals surface area contributed by atoms with E-state index in [1.807, 2.05) is 49.4 Å². The molecule has 0 fully saturated rings. The number of rotatable bonds is 9. The van der Waals surface area contributed by atoms with Gasteiger partial charge in [-0.3, -0.25) is 9.59 Å². The van der Waals surface area contributed by atoms with Gasteiger partial charge in [0.2, 0.25) is 5.91 Å². The zero-order chi connectivity index (χ0) is 20.0. The number of carboxylic acids is 1. The number of carbonyl (C=O) groups excluding carboxylic acids is 1. The van der Waals surface area contributed by atoms with Gasteiger partial charge < -0.3 is 10.4 Å². The van der Waals surface area contributed by atoms with Gasteiger partial charge in [-0.1, -0.05) is 49.4 Å². The monoisotopic (exact) mass is 396 g/mol. The van der Waals surface area contributed by atoms with Gasteiger partial charge in [-0.05, 0) is 37.0 Å². The Morgan fingerprint density at radius 3 is 2.50 bits per heavy atom. The van der Waals surface area contributed by atoms with E-state index in [4.69, 9.17) is 0 Å². The number of aliphatic carboxylic acids is 1. The van der Waals surface area contributed by atoms with Crippen LogP contribution in [0, 0.1) is 0 Å². The average molecular weight is 397 g/mol. The fourth-order valence-corrected chi connectivity index (χ4v) is 4.31. The number of nitrogens with one attached hydrogen (secondary N) is 1. The van der Waals surface area contributed by atoms with E-state index in [0.717, 1.165) is 21.6 Å². The summed E-state index contributed by atoms with van der Waals surface area (Å²) < 4.78 is 1.15. The summed E-state index contributed by atoms with van der Waals surface area (Å²) in [5, 5.41) is 13.7. The molecule has 2 aromatic carbocycles. The first-order valence-corrected chi connectivity index (χ1v) is 10.3. The van der Waals surface area contributed by atoms with Gasteiger partial charge >= 0.3 is 5.97 Å². The Morgan fingerprint density at radius 2 is 1.82 bits per heavy atom. The second-order valence-corrected chi connectivity index (χ2v) is 7.93. The smallest absolute Gasteiger partial charge is 0.315 e.